The van der Waals surface area contributed by atoms with E-state index < -0.39 is 25.9 Å². The second-order valence-corrected chi connectivity index (χ2v) is 6.45. The molecule has 1 amide bonds. The number of amides is 1. The number of carbonyl (C=O) groups excluding carboxylic acids is 2. The molecule has 0 spiro atoms. The third-order valence-corrected chi connectivity index (χ3v) is 3.95. The average Bonchev–Trinajstić information content (AvgIpc) is 2.46. The molecular weight excluding hydrogens is 325 g/mol. The first-order valence-electron chi connectivity index (χ1n) is 7.33. The lowest BCUT2D eigenvalue weighted by Crippen LogP contribution is -2.45. The number of esters is 1. The van der Waals surface area contributed by atoms with E-state index in [-0.39, 0.29) is 25.7 Å². The van der Waals surface area contributed by atoms with Crippen LogP contribution in [0.15, 0.2) is 12.7 Å². The number of rotatable bonds is 12. The Morgan fingerprint density at radius 3 is 2.39 bits per heavy atom. The van der Waals surface area contributed by atoms with E-state index in [2.05, 4.69) is 11.9 Å². The molecule has 0 heterocycles. The van der Waals surface area contributed by atoms with Gasteiger partial charge in [0.05, 0.1) is 25.9 Å². The van der Waals surface area contributed by atoms with E-state index >= 15 is 0 Å². The van der Waals surface area contributed by atoms with Crippen molar-refractivity contribution in [3.05, 3.63) is 12.7 Å². The van der Waals surface area contributed by atoms with Crippen molar-refractivity contribution in [3.63, 3.8) is 0 Å². The summed E-state index contributed by atoms with van der Waals surface area (Å²) >= 11 is 0. The monoisotopic (exact) mass is 351 g/mol. The lowest BCUT2D eigenvalue weighted by molar-refractivity contribution is -0.148. The third-order valence-electron chi connectivity index (χ3n) is 2.52. The molecule has 0 aromatic carbocycles. The predicted molar refractivity (Wildman–Crippen MR) is 84.8 cm³/mol. The zero-order valence-electron chi connectivity index (χ0n) is 14.1. The Morgan fingerprint density at radius 1 is 1.26 bits per heavy atom. The van der Waals surface area contributed by atoms with Crippen LogP contribution in [0.4, 0.5) is 0 Å². The molecule has 0 aromatic rings. The molecule has 1 N–H and O–H groups in total. The van der Waals surface area contributed by atoms with Crippen LogP contribution in [0, 0.1) is 0 Å². The highest BCUT2D eigenvalue weighted by atomic mass is 31.2. The van der Waals surface area contributed by atoms with E-state index in [4.69, 9.17) is 18.3 Å². The van der Waals surface area contributed by atoms with Crippen LogP contribution in [0.5, 0.6) is 0 Å². The van der Waals surface area contributed by atoms with Gasteiger partial charge < -0.3 is 10.1 Å². The molecule has 0 aliphatic carbocycles. The van der Waals surface area contributed by atoms with Crippen LogP contribution in [0.3, 0.4) is 0 Å². The fourth-order valence-electron chi connectivity index (χ4n) is 1.53. The molecule has 23 heavy (non-hydrogen) atoms. The molecule has 0 saturated carbocycles. The Hall–Kier alpha value is -1.21. The number of hydrogen-bond acceptors (Lipinski definition) is 7. The van der Waals surface area contributed by atoms with Crippen molar-refractivity contribution in [2.75, 3.05) is 19.8 Å². The number of phosphoric ester groups is 1. The van der Waals surface area contributed by atoms with Crippen LogP contribution in [0.25, 0.3) is 0 Å². The normalized spacial score (nSPS) is 16.0. The maximum atomic E-state index is 12.4. The fourth-order valence-corrected chi connectivity index (χ4v) is 2.79. The van der Waals surface area contributed by atoms with Gasteiger partial charge in [-0.2, -0.15) is 0 Å². The third kappa shape index (κ3) is 10.2. The van der Waals surface area contributed by atoms with Crippen LogP contribution in [0.2, 0.25) is 0 Å². The number of phosphoric acid groups is 1. The first kappa shape index (κ1) is 21.8. The first-order valence-corrected chi connectivity index (χ1v) is 8.79. The van der Waals surface area contributed by atoms with E-state index in [9.17, 15) is 14.2 Å². The van der Waals surface area contributed by atoms with E-state index in [1.807, 2.05) is 6.92 Å². The Morgan fingerprint density at radius 2 is 1.91 bits per heavy atom. The van der Waals surface area contributed by atoms with Gasteiger partial charge in [-0.1, -0.05) is 13.0 Å². The van der Waals surface area contributed by atoms with Crippen LogP contribution < -0.4 is 5.32 Å². The van der Waals surface area contributed by atoms with E-state index in [0.29, 0.717) is 6.42 Å². The minimum absolute atomic E-state index is 0.00864. The maximum Gasteiger partial charge on any atom is 0.475 e. The highest BCUT2D eigenvalue weighted by molar-refractivity contribution is 7.48. The molecule has 0 aromatic heterocycles. The highest BCUT2D eigenvalue weighted by Gasteiger charge is 2.30. The van der Waals surface area contributed by atoms with Gasteiger partial charge in [0.2, 0.25) is 5.91 Å². The molecule has 0 fully saturated rings. The van der Waals surface area contributed by atoms with Crippen molar-refractivity contribution in [1.82, 2.24) is 5.32 Å². The number of carbonyl (C=O) groups is 2. The molecule has 0 aliphatic rings. The van der Waals surface area contributed by atoms with E-state index in [1.165, 1.54) is 19.9 Å². The largest absolute Gasteiger partial charge is 0.475 e. The van der Waals surface area contributed by atoms with Gasteiger partial charge in [-0.15, -0.1) is 6.58 Å². The summed E-state index contributed by atoms with van der Waals surface area (Å²) in [6.45, 7) is 9.46. The van der Waals surface area contributed by atoms with Gasteiger partial charge in [0.25, 0.3) is 0 Å². The first-order chi connectivity index (χ1) is 10.7. The molecule has 3 atom stereocenters. The minimum Gasteiger partial charge on any atom is -0.461 e. The number of hydrogen-bond donors (Lipinski definition) is 1. The molecule has 0 bridgehead atoms. The molecule has 0 radical (unpaired) electrons. The topological polar surface area (TPSA) is 100 Å². The number of nitrogens with one attached hydrogen (secondary N) is 1. The molecule has 134 valence electrons. The molecule has 9 heteroatoms. The van der Waals surface area contributed by atoms with Gasteiger partial charge in [-0.25, -0.2) is 4.57 Å². The Kier molecular flexibility index (Phi) is 10.7. The Labute approximate surface area is 137 Å². The summed E-state index contributed by atoms with van der Waals surface area (Å²) in [6.07, 6.45) is 1.37. The molecule has 0 rings (SSSR count). The molecule has 0 saturated heterocycles. The van der Waals surface area contributed by atoms with Crippen molar-refractivity contribution in [2.24, 2.45) is 0 Å². The average molecular weight is 351 g/mol. The smallest absolute Gasteiger partial charge is 0.461 e. The van der Waals surface area contributed by atoms with E-state index in [1.54, 1.807) is 6.92 Å². The van der Waals surface area contributed by atoms with Crippen LogP contribution in [-0.4, -0.2) is 43.8 Å². The van der Waals surface area contributed by atoms with Crippen molar-refractivity contribution in [1.29, 1.82) is 0 Å². The van der Waals surface area contributed by atoms with Gasteiger partial charge in [-0.05, 0) is 13.3 Å². The van der Waals surface area contributed by atoms with Crippen LogP contribution in [-0.2, 0) is 32.5 Å². The van der Waals surface area contributed by atoms with Gasteiger partial charge in [0.15, 0.2) is 0 Å². The Balaban J connectivity index is 4.85. The molecule has 8 nitrogen and oxygen atoms in total. The highest BCUT2D eigenvalue weighted by Crippen LogP contribution is 2.49. The fraction of sp³-hybridized carbons (Fsp3) is 0.714. The summed E-state index contributed by atoms with van der Waals surface area (Å²) in [6, 6.07) is -0.692. The lowest BCUT2D eigenvalue weighted by atomic mass is 10.2. The molecule has 3 unspecified atom stereocenters. The lowest BCUT2D eigenvalue weighted by Gasteiger charge is -2.26. The van der Waals surface area contributed by atoms with Crippen LogP contribution >= 0.6 is 7.82 Å². The maximum absolute atomic E-state index is 12.4. The van der Waals surface area contributed by atoms with Crippen LogP contribution in [0.1, 0.15) is 34.1 Å². The summed E-state index contributed by atoms with van der Waals surface area (Å²) in [5.41, 5.74) is 0. The quantitative estimate of drug-likeness (QED) is 0.327. The molecular formula is C14H26NO7P. The summed E-state index contributed by atoms with van der Waals surface area (Å²) in [7, 11) is -3.79. The standard InChI is InChI=1S/C14H26NO7P/c1-6-8-19-23(18,20-9-7-2)21-10-14(15-12(4)16)11(3)22-13(5)17/h6,11,14H,1,7-10H2,2-5H3,(H,15,16). The zero-order chi connectivity index (χ0) is 17.9. The zero-order valence-corrected chi connectivity index (χ0v) is 15.0. The molecule has 0 aliphatic heterocycles. The van der Waals surface area contributed by atoms with Crippen molar-refractivity contribution in [3.8, 4) is 0 Å². The Bertz CT molecular complexity index is 441. The second kappa shape index (κ2) is 11.3. The van der Waals surface area contributed by atoms with Crippen molar-refractivity contribution < 1.29 is 32.5 Å². The van der Waals surface area contributed by atoms with E-state index in [0.717, 1.165) is 0 Å². The second-order valence-electron chi connectivity index (χ2n) is 4.78. The predicted octanol–water partition coefficient (Wildman–Crippen LogP) is 2.20. The summed E-state index contributed by atoms with van der Waals surface area (Å²) in [4.78, 5) is 22.3. The summed E-state index contributed by atoms with van der Waals surface area (Å²) in [5.74, 6) is -0.838. The summed E-state index contributed by atoms with van der Waals surface area (Å²) in [5, 5.41) is 2.58. The van der Waals surface area contributed by atoms with Crippen molar-refractivity contribution in [2.45, 2.75) is 46.3 Å². The minimum atomic E-state index is -3.79. The van der Waals surface area contributed by atoms with Gasteiger partial charge in [0.1, 0.15) is 6.10 Å². The van der Waals surface area contributed by atoms with Gasteiger partial charge >= 0.3 is 13.8 Å². The van der Waals surface area contributed by atoms with Gasteiger partial charge in [-0.3, -0.25) is 23.2 Å². The van der Waals surface area contributed by atoms with Crippen molar-refractivity contribution >= 4 is 19.7 Å². The number of ether oxygens (including phenoxy) is 1. The van der Waals surface area contributed by atoms with Gasteiger partial charge in [0, 0.05) is 13.8 Å². The SMILES string of the molecule is C=CCOP(=O)(OCCC)OCC(NC(C)=O)C(C)OC(C)=O. The summed E-state index contributed by atoms with van der Waals surface area (Å²) < 4.78 is 32.9.